The molecule has 0 N–H and O–H groups in total. The topological polar surface area (TPSA) is 18.5 Å². The molecule has 0 aliphatic heterocycles. The fraction of sp³-hybridized carbons (Fsp3) is 0.333. The van der Waals surface area contributed by atoms with E-state index in [1.165, 1.54) is 11.1 Å². The Labute approximate surface area is 120 Å². The fourth-order valence-corrected chi connectivity index (χ4v) is 3.22. The Kier molecular flexibility index (Phi) is 3.39. The molecule has 0 saturated heterocycles. The van der Waals surface area contributed by atoms with Gasteiger partial charge in [-0.1, -0.05) is 43.3 Å². The summed E-state index contributed by atoms with van der Waals surface area (Å²) in [5.74, 6) is 3.56. The zero-order valence-corrected chi connectivity index (χ0v) is 12.2. The molecule has 1 aliphatic rings. The summed E-state index contributed by atoms with van der Waals surface area (Å²) in [5, 5.41) is 0. The summed E-state index contributed by atoms with van der Waals surface area (Å²) >= 11 is 0. The van der Waals surface area contributed by atoms with Crippen LogP contribution in [0.25, 0.3) is 0 Å². The third-order valence-corrected chi connectivity index (χ3v) is 4.36. The van der Waals surface area contributed by atoms with E-state index in [2.05, 4.69) is 43.3 Å². The largest absolute Gasteiger partial charge is 0.497 e. The smallest absolute Gasteiger partial charge is 0.126 e. The van der Waals surface area contributed by atoms with E-state index >= 15 is 0 Å². The Hall–Kier alpha value is -1.96. The lowest BCUT2D eigenvalue weighted by molar-refractivity contribution is 0.390. The lowest BCUT2D eigenvalue weighted by Gasteiger charge is -2.10. The number of hydrogen-bond acceptors (Lipinski definition) is 2. The standard InChI is InChI=1S/C18H20O2/c1-12-17(13-7-5-4-6-8-13)18(12)15-10-9-14(19-2)11-16(15)20-3/h4-12,17-18H,1-3H3/t12-,17-,18-/m0/s1. The van der Waals surface area contributed by atoms with Crippen molar-refractivity contribution in [2.75, 3.05) is 14.2 Å². The van der Waals surface area contributed by atoms with Gasteiger partial charge in [0.05, 0.1) is 14.2 Å². The highest BCUT2D eigenvalue weighted by atomic mass is 16.5. The first kappa shape index (κ1) is 13.0. The fourth-order valence-electron chi connectivity index (χ4n) is 3.22. The second-order valence-corrected chi connectivity index (χ2v) is 5.43. The van der Waals surface area contributed by atoms with E-state index in [4.69, 9.17) is 9.47 Å². The molecule has 2 heteroatoms. The molecule has 3 atom stereocenters. The summed E-state index contributed by atoms with van der Waals surface area (Å²) < 4.78 is 10.8. The molecular formula is C18H20O2. The minimum absolute atomic E-state index is 0.540. The first-order valence-corrected chi connectivity index (χ1v) is 7.03. The highest BCUT2D eigenvalue weighted by Gasteiger charge is 2.49. The molecule has 0 radical (unpaired) electrons. The summed E-state index contributed by atoms with van der Waals surface area (Å²) in [5.41, 5.74) is 2.71. The van der Waals surface area contributed by atoms with E-state index in [-0.39, 0.29) is 0 Å². The van der Waals surface area contributed by atoms with Crippen LogP contribution in [0.2, 0.25) is 0 Å². The van der Waals surface area contributed by atoms with Crippen molar-refractivity contribution in [3.63, 3.8) is 0 Å². The van der Waals surface area contributed by atoms with E-state index in [0.717, 1.165) is 11.5 Å². The third-order valence-electron chi connectivity index (χ3n) is 4.36. The molecule has 104 valence electrons. The monoisotopic (exact) mass is 268 g/mol. The second-order valence-electron chi connectivity index (χ2n) is 5.43. The molecule has 2 aromatic carbocycles. The number of hydrogen-bond donors (Lipinski definition) is 0. The van der Waals surface area contributed by atoms with E-state index < -0.39 is 0 Å². The van der Waals surface area contributed by atoms with Gasteiger partial charge in [-0.25, -0.2) is 0 Å². The molecule has 2 nitrogen and oxygen atoms in total. The van der Waals surface area contributed by atoms with Crippen LogP contribution < -0.4 is 9.47 Å². The van der Waals surface area contributed by atoms with Crippen molar-refractivity contribution in [1.82, 2.24) is 0 Å². The predicted octanol–water partition coefficient (Wildman–Crippen LogP) is 4.22. The van der Waals surface area contributed by atoms with Crippen LogP contribution in [-0.4, -0.2) is 14.2 Å². The summed E-state index contributed by atoms with van der Waals surface area (Å²) in [6, 6.07) is 16.9. The van der Waals surface area contributed by atoms with Crippen molar-refractivity contribution in [1.29, 1.82) is 0 Å². The van der Waals surface area contributed by atoms with Crippen LogP contribution in [0, 0.1) is 5.92 Å². The van der Waals surface area contributed by atoms with Crippen LogP contribution in [0.5, 0.6) is 11.5 Å². The molecule has 0 aromatic heterocycles. The predicted molar refractivity (Wildman–Crippen MR) is 80.6 cm³/mol. The Bertz CT molecular complexity index is 592. The van der Waals surface area contributed by atoms with Gasteiger partial charge in [-0.05, 0) is 34.9 Å². The molecule has 0 amide bonds. The van der Waals surface area contributed by atoms with Crippen LogP contribution in [0.4, 0.5) is 0 Å². The summed E-state index contributed by atoms with van der Waals surface area (Å²) in [4.78, 5) is 0. The second kappa shape index (κ2) is 5.20. The van der Waals surface area contributed by atoms with Gasteiger partial charge in [-0.3, -0.25) is 0 Å². The highest BCUT2D eigenvalue weighted by Crippen LogP contribution is 2.61. The minimum Gasteiger partial charge on any atom is -0.497 e. The maximum atomic E-state index is 5.54. The average Bonchev–Trinajstić information content (AvgIpc) is 3.18. The Morgan fingerprint density at radius 3 is 2.25 bits per heavy atom. The van der Waals surface area contributed by atoms with Crippen molar-refractivity contribution >= 4 is 0 Å². The molecular weight excluding hydrogens is 248 g/mol. The summed E-state index contributed by atoms with van der Waals surface area (Å²) in [6.45, 7) is 2.31. The molecule has 3 rings (SSSR count). The van der Waals surface area contributed by atoms with Gasteiger partial charge in [-0.2, -0.15) is 0 Å². The Morgan fingerprint density at radius 1 is 0.850 bits per heavy atom. The van der Waals surface area contributed by atoms with Gasteiger partial charge in [0.25, 0.3) is 0 Å². The van der Waals surface area contributed by atoms with Gasteiger partial charge >= 0.3 is 0 Å². The summed E-state index contributed by atoms with van der Waals surface area (Å²) in [6.07, 6.45) is 0. The van der Waals surface area contributed by atoms with Gasteiger partial charge in [0.2, 0.25) is 0 Å². The van der Waals surface area contributed by atoms with Gasteiger partial charge in [0.1, 0.15) is 11.5 Å². The zero-order valence-electron chi connectivity index (χ0n) is 12.2. The van der Waals surface area contributed by atoms with Crippen LogP contribution in [0.15, 0.2) is 48.5 Å². The molecule has 1 fully saturated rings. The molecule has 20 heavy (non-hydrogen) atoms. The molecule has 0 unspecified atom stereocenters. The van der Waals surface area contributed by atoms with Crippen molar-refractivity contribution in [2.24, 2.45) is 5.92 Å². The first-order chi connectivity index (χ1) is 9.76. The van der Waals surface area contributed by atoms with Crippen molar-refractivity contribution in [3.05, 3.63) is 59.7 Å². The minimum atomic E-state index is 0.540. The van der Waals surface area contributed by atoms with Crippen molar-refractivity contribution < 1.29 is 9.47 Å². The van der Waals surface area contributed by atoms with Gasteiger partial charge < -0.3 is 9.47 Å². The molecule has 1 saturated carbocycles. The van der Waals surface area contributed by atoms with Gasteiger partial charge in [-0.15, -0.1) is 0 Å². The number of methoxy groups -OCH3 is 2. The first-order valence-electron chi connectivity index (χ1n) is 7.03. The Balaban J connectivity index is 1.91. The van der Waals surface area contributed by atoms with Gasteiger partial charge in [0, 0.05) is 6.07 Å². The maximum absolute atomic E-state index is 5.54. The highest BCUT2D eigenvalue weighted by molar-refractivity contribution is 5.48. The number of ether oxygens (including phenoxy) is 2. The van der Waals surface area contributed by atoms with Crippen LogP contribution >= 0.6 is 0 Å². The maximum Gasteiger partial charge on any atom is 0.126 e. The summed E-state index contributed by atoms with van der Waals surface area (Å²) in [7, 11) is 3.41. The average molecular weight is 268 g/mol. The van der Waals surface area contributed by atoms with Crippen molar-refractivity contribution in [3.8, 4) is 11.5 Å². The van der Waals surface area contributed by atoms with Crippen molar-refractivity contribution in [2.45, 2.75) is 18.8 Å². The van der Waals surface area contributed by atoms with Crippen LogP contribution in [0.1, 0.15) is 29.9 Å². The van der Waals surface area contributed by atoms with E-state index in [1.807, 2.05) is 12.1 Å². The van der Waals surface area contributed by atoms with Gasteiger partial charge in [0.15, 0.2) is 0 Å². The molecule has 0 heterocycles. The van der Waals surface area contributed by atoms with Crippen LogP contribution in [0.3, 0.4) is 0 Å². The Morgan fingerprint density at radius 2 is 1.60 bits per heavy atom. The normalized spacial score (nSPS) is 24.2. The quantitative estimate of drug-likeness (QED) is 0.826. The van der Waals surface area contributed by atoms with E-state index in [0.29, 0.717) is 17.8 Å². The van der Waals surface area contributed by atoms with E-state index in [1.54, 1.807) is 14.2 Å². The zero-order chi connectivity index (χ0) is 14.1. The number of benzene rings is 2. The lowest BCUT2D eigenvalue weighted by Crippen LogP contribution is -1.93. The molecule has 0 bridgehead atoms. The SMILES string of the molecule is COc1ccc([C@@H]2[C@@H](C)[C@H]2c2ccccc2)c(OC)c1. The van der Waals surface area contributed by atoms with E-state index in [9.17, 15) is 0 Å². The lowest BCUT2D eigenvalue weighted by atomic mass is 10.0. The van der Waals surface area contributed by atoms with Crippen LogP contribution in [-0.2, 0) is 0 Å². The molecule has 0 spiro atoms. The molecule has 1 aliphatic carbocycles. The number of rotatable bonds is 4. The molecule has 2 aromatic rings. The third kappa shape index (κ3) is 2.15.